The van der Waals surface area contributed by atoms with Gasteiger partial charge in [0.05, 0.1) is 0 Å². The second-order valence-electron chi connectivity index (χ2n) is 4.69. The second kappa shape index (κ2) is 7.24. The molecule has 0 aromatic rings. The van der Waals surface area contributed by atoms with Crippen LogP contribution in [0, 0.1) is 0 Å². The molecule has 0 radical (unpaired) electrons. The van der Waals surface area contributed by atoms with Crippen molar-refractivity contribution in [3.8, 4) is 0 Å². The molecule has 0 aromatic heterocycles. The fourth-order valence-electron chi connectivity index (χ4n) is 1.70. The Morgan fingerprint density at radius 3 is 1.86 bits per heavy atom. The summed E-state index contributed by atoms with van der Waals surface area (Å²) >= 11 is 0. The molecular formula is C12H28N2. The summed E-state index contributed by atoms with van der Waals surface area (Å²) in [5.41, 5.74) is 0. The van der Waals surface area contributed by atoms with E-state index in [0.29, 0.717) is 18.1 Å². The Bertz CT molecular complexity index is 124. The quantitative estimate of drug-likeness (QED) is 0.679. The zero-order valence-corrected chi connectivity index (χ0v) is 10.8. The molecule has 0 rings (SSSR count). The molecule has 0 saturated heterocycles. The Hall–Kier alpha value is -0.0800. The van der Waals surface area contributed by atoms with Gasteiger partial charge in [0.25, 0.3) is 0 Å². The van der Waals surface area contributed by atoms with Gasteiger partial charge in [-0.3, -0.25) is 4.90 Å². The van der Waals surface area contributed by atoms with Crippen LogP contribution in [0.4, 0.5) is 0 Å². The minimum absolute atomic E-state index is 0.647. The maximum absolute atomic E-state index is 3.53. The van der Waals surface area contributed by atoms with Crippen molar-refractivity contribution in [2.45, 2.75) is 66.1 Å². The number of hydrogen-bond donors (Lipinski definition) is 1. The highest BCUT2D eigenvalue weighted by atomic mass is 15.2. The molecular weight excluding hydrogens is 172 g/mol. The molecule has 0 fully saturated rings. The summed E-state index contributed by atoms with van der Waals surface area (Å²) in [5, 5.41) is 3.53. The molecule has 0 bridgehead atoms. The van der Waals surface area contributed by atoms with E-state index < -0.39 is 0 Å². The highest BCUT2D eigenvalue weighted by molar-refractivity contribution is 4.69. The summed E-state index contributed by atoms with van der Waals surface area (Å²) < 4.78 is 0. The van der Waals surface area contributed by atoms with E-state index >= 15 is 0 Å². The molecule has 0 heterocycles. The molecule has 86 valence electrons. The van der Waals surface area contributed by atoms with E-state index in [1.54, 1.807) is 0 Å². The normalized spacial score (nSPS) is 14.4. The molecule has 0 aliphatic rings. The largest absolute Gasteiger partial charge is 0.313 e. The van der Waals surface area contributed by atoms with Gasteiger partial charge in [0.15, 0.2) is 0 Å². The minimum atomic E-state index is 0.647. The Morgan fingerprint density at radius 1 is 1.00 bits per heavy atom. The van der Waals surface area contributed by atoms with Crippen molar-refractivity contribution in [3.05, 3.63) is 0 Å². The van der Waals surface area contributed by atoms with Gasteiger partial charge in [-0.05, 0) is 41.0 Å². The summed E-state index contributed by atoms with van der Waals surface area (Å²) in [6, 6.07) is 1.94. The van der Waals surface area contributed by atoms with Crippen LogP contribution in [0.5, 0.6) is 0 Å². The van der Waals surface area contributed by atoms with Gasteiger partial charge in [-0.25, -0.2) is 0 Å². The van der Waals surface area contributed by atoms with Crippen molar-refractivity contribution in [2.75, 3.05) is 13.1 Å². The third-order valence-corrected chi connectivity index (χ3v) is 2.80. The topological polar surface area (TPSA) is 15.3 Å². The average molecular weight is 200 g/mol. The van der Waals surface area contributed by atoms with Gasteiger partial charge in [0.1, 0.15) is 0 Å². The lowest BCUT2D eigenvalue weighted by Gasteiger charge is -2.31. The number of hydrogen-bond acceptors (Lipinski definition) is 2. The van der Waals surface area contributed by atoms with E-state index in [1.165, 1.54) is 6.42 Å². The highest BCUT2D eigenvalue weighted by Gasteiger charge is 2.12. The smallest absolute Gasteiger partial charge is 0.0112 e. The van der Waals surface area contributed by atoms with Gasteiger partial charge >= 0.3 is 0 Å². The first-order chi connectivity index (χ1) is 6.49. The van der Waals surface area contributed by atoms with Crippen molar-refractivity contribution < 1.29 is 0 Å². The van der Waals surface area contributed by atoms with Crippen LogP contribution in [0.1, 0.15) is 48.0 Å². The average Bonchev–Trinajstić information content (AvgIpc) is 2.10. The Balaban J connectivity index is 3.72. The molecule has 0 saturated carbocycles. The van der Waals surface area contributed by atoms with E-state index in [0.717, 1.165) is 13.1 Å². The van der Waals surface area contributed by atoms with Crippen molar-refractivity contribution in [2.24, 2.45) is 0 Å². The zero-order chi connectivity index (χ0) is 11.1. The molecule has 0 aliphatic heterocycles. The van der Waals surface area contributed by atoms with Crippen LogP contribution in [0.15, 0.2) is 0 Å². The molecule has 0 unspecified atom stereocenters. The first kappa shape index (κ1) is 13.9. The molecule has 2 nitrogen and oxygen atoms in total. The van der Waals surface area contributed by atoms with Gasteiger partial charge < -0.3 is 5.32 Å². The van der Waals surface area contributed by atoms with Crippen LogP contribution in [-0.4, -0.2) is 36.1 Å². The van der Waals surface area contributed by atoms with E-state index in [4.69, 9.17) is 0 Å². The molecule has 14 heavy (non-hydrogen) atoms. The maximum atomic E-state index is 3.53. The van der Waals surface area contributed by atoms with Crippen LogP contribution < -0.4 is 5.32 Å². The minimum Gasteiger partial charge on any atom is -0.313 e. The molecule has 0 aliphatic carbocycles. The fourth-order valence-corrected chi connectivity index (χ4v) is 1.70. The van der Waals surface area contributed by atoms with E-state index in [2.05, 4.69) is 51.8 Å². The third kappa shape index (κ3) is 5.61. The van der Waals surface area contributed by atoms with Gasteiger partial charge in [-0.15, -0.1) is 0 Å². The molecule has 0 amide bonds. The van der Waals surface area contributed by atoms with Gasteiger partial charge in [0, 0.05) is 31.2 Å². The summed E-state index contributed by atoms with van der Waals surface area (Å²) in [5.74, 6) is 0. The fraction of sp³-hybridized carbons (Fsp3) is 1.00. The predicted octanol–water partition coefficient (Wildman–Crippen LogP) is 2.49. The molecule has 0 aromatic carbocycles. The maximum Gasteiger partial charge on any atom is 0.0112 e. The Kier molecular flexibility index (Phi) is 7.20. The van der Waals surface area contributed by atoms with Crippen LogP contribution in [-0.2, 0) is 0 Å². The Labute approximate surface area is 90.1 Å². The van der Waals surface area contributed by atoms with E-state index in [1.807, 2.05) is 0 Å². The standard InChI is InChI=1S/C12H28N2/c1-7-12(6)13-8-9-14(10(2)3)11(4)5/h10-13H,7-9H2,1-6H3/t12-/m1/s1. The van der Waals surface area contributed by atoms with Crippen molar-refractivity contribution in [3.63, 3.8) is 0 Å². The summed E-state index contributed by atoms with van der Waals surface area (Å²) in [7, 11) is 0. The van der Waals surface area contributed by atoms with Crippen LogP contribution in [0.25, 0.3) is 0 Å². The molecule has 0 spiro atoms. The van der Waals surface area contributed by atoms with Crippen LogP contribution in [0.3, 0.4) is 0 Å². The molecule has 2 heteroatoms. The Morgan fingerprint density at radius 2 is 1.50 bits per heavy atom. The lowest BCUT2D eigenvalue weighted by Crippen LogP contribution is -2.42. The first-order valence-electron chi connectivity index (χ1n) is 5.98. The van der Waals surface area contributed by atoms with Crippen molar-refractivity contribution in [1.82, 2.24) is 10.2 Å². The lowest BCUT2D eigenvalue weighted by atomic mass is 10.2. The summed E-state index contributed by atoms with van der Waals surface area (Å²) in [4.78, 5) is 2.52. The highest BCUT2D eigenvalue weighted by Crippen LogP contribution is 2.03. The predicted molar refractivity (Wildman–Crippen MR) is 64.7 cm³/mol. The number of nitrogens with zero attached hydrogens (tertiary/aromatic N) is 1. The summed E-state index contributed by atoms with van der Waals surface area (Å²) in [6.45, 7) is 15.8. The third-order valence-electron chi connectivity index (χ3n) is 2.80. The molecule has 1 atom stereocenters. The van der Waals surface area contributed by atoms with Gasteiger partial charge in [-0.1, -0.05) is 6.92 Å². The SMILES string of the molecule is CC[C@@H](C)NCCN(C(C)C)C(C)C. The molecule has 1 N–H and O–H groups in total. The summed E-state index contributed by atoms with van der Waals surface area (Å²) in [6.07, 6.45) is 1.21. The van der Waals surface area contributed by atoms with E-state index in [-0.39, 0.29) is 0 Å². The lowest BCUT2D eigenvalue weighted by molar-refractivity contribution is 0.174. The monoisotopic (exact) mass is 200 g/mol. The number of rotatable bonds is 7. The zero-order valence-electron chi connectivity index (χ0n) is 10.8. The van der Waals surface area contributed by atoms with Crippen LogP contribution >= 0.6 is 0 Å². The first-order valence-corrected chi connectivity index (χ1v) is 5.98. The van der Waals surface area contributed by atoms with Gasteiger partial charge in [-0.2, -0.15) is 0 Å². The second-order valence-corrected chi connectivity index (χ2v) is 4.69. The number of nitrogens with one attached hydrogen (secondary N) is 1. The van der Waals surface area contributed by atoms with Crippen molar-refractivity contribution >= 4 is 0 Å². The van der Waals surface area contributed by atoms with Crippen LogP contribution in [0.2, 0.25) is 0 Å². The van der Waals surface area contributed by atoms with Crippen molar-refractivity contribution in [1.29, 1.82) is 0 Å². The van der Waals surface area contributed by atoms with Gasteiger partial charge in [0.2, 0.25) is 0 Å². The van der Waals surface area contributed by atoms with E-state index in [9.17, 15) is 0 Å².